The molecule has 0 aromatic carbocycles. The van der Waals surface area contributed by atoms with E-state index >= 15 is 0 Å². The van der Waals surface area contributed by atoms with Crippen LogP contribution in [0.15, 0.2) is 6.07 Å². The fourth-order valence-corrected chi connectivity index (χ4v) is 1.40. The van der Waals surface area contributed by atoms with Crippen LogP contribution in [0, 0.1) is 0 Å². The van der Waals surface area contributed by atoms with Crippen molar-refractivity contribution in [2.45, 2.75) is 19.8 Å². The minimum absolute atomic E-state index is 0.116. The lowest BCUT2D eigenvalue weighted by atomic mass is 10.3. The van der Waals surface area contributed by atoms with Crippen LogP contribution in [0.2, 0.25) is 5.15 Å². The molecule has 0 aliphatic heterocycles. The van der Waals surface area contributed by atoms with Crippen molar-refractivity contribution >= 4 is 29.3 Å². The molecule has 0 radical (unpaired) electrons. The highest BCUT2D eigenvalue weighted by Gasteiger charge is 2.02. The van der Waals surface area contributed by atoms with E-state index in [-0.39, 0.29) is 17.1 Å². The monoisotopic (exact) mass is 258 g/mol. The summed E-state index contributed by atoms with van der Waals surface area (Å²) < 4.78 is 4.80. The molecular formula is C10H15ClN4O2. The second-order valence-corrected chi connectivity index (χ2v) is 3.66. The third kappa shape index (κ3) is 5.35. The number of anilines is 2. The Balaban J connectivity index is 2.28. The lowest BCUT2D eigenvalue weighted by Gasteiger charge is -2.06. The standard InChI is InChI=1S/C10H15ClN4O2/c1-2-17-9(16)4-3-5-13-8-6-7(11)14-10(12)15-8/h6H,2-5H2,1H3,(H3,12,13,14,15). The molecule has 1 rings (SSSR count). The van der Waals surface area contributed by atoms with Crippen LogP contribution in [-0.4, -0.2) is 29.1 Å². The normalized spacial score (nSPS) is 10.0. The van der Waals surface area contributed by atoms with E-state index in [4.69, 9.17) is 22.1 Å². The first kappa shape index (κ1) is 13.5. The van der Waals surface area contributed by atoms with E-state index in [1.54, 1.807) is 13.0 Å². The van der Waals surface area contributed by atoms with Crippen LogP contribution >= 0.6 is 11.6 Å². The molecule has 1 aromatic rings. The quantitative estimate of drug-likeness (QED) is 0.456. The van der Waals surface area contributed by atoms with Crippen LogP contribution in [0.3, 0.4) is 0 Å². The fourth-order valence-electron chi connectivity index (χ4n) is 1.21. The largest absolute Gasteiger partial charge is 0.466 e. The highest BCUT2D eigenvalue weighted by atomic mass is 35.5. The SMILES string of the molecule is CCOC(=O)CCCNc1cc(Cl)nc(N)n1. The van der Waals surface area contributed by atoms with Crippen LogP contribution in [0.5, 0.6) is 0 Å². The van der Waals surface area contributed by atoms with E-state index < -0.39 is 0 Å². The number of hydrogen-bond acceptors (Lipinski definition) is 6. The van der Waals surface area contributed by atoms with Crippen molar-refractivity contribution in [2.24, 2.45) is 0 Å². The average molecular weight is 259 g/mol. The molecule has 0 unspecified atom stereocenters. The molecule has 0 saturated carbocycles. The van der Waals surface area contributed by atoms with Gasteiger partial charge in [-0.1, -0.05) is 11.6 Å². The minimum Gasteiger partial charge on any atom is -0.466 e. The molecule has 94 valence electrons. The lowest BCUT2D eigenvalue weighted by Crippen LogP contribution is -2.09. The second-order valence-electron chi connectivity index (χ2n) is 3.27. The molecule has 0 saturated heterocycles. The third-order valence-electron chi connectivity index (χ3n) is 1.88. The maximum atomic E-state index is 11.0. The molecule has 0 atom stereocenters. The number of rotatable bonds is 6. The summed E-state index contributed by atoms with van der Waals surface area (Å²) in [5.41, 5.74) is 5.43. The molecule has 0 amide bonds. The van der Waals surface area contributed by atoms with Crippen molar-refractivity contribution < 1.29 is 9.53 Å². The summed E-state index contributed by atoms with van der Waals surface area (Å²) in [6.07, 6.45) is 1.02. The summed E-state index contributed by atoms with van der Waals surface area (Å²) >= 11 is 5.71. The summed E-state index contributed by atoms with van der Waals surface area (Å²) in [6.45, 7) is 2.78. The molecule has 1 heterocycles. The zero-order valence-corrected chi connectivity index (χ0v) is 10.3. The van der Waals surface area contributed by atoms with Gasteiger partial charge in [0.1, 0.15) is 11.0 Å². The zero-order valence-electron chi connectivity index (χ0n) is 9.57. The fraction of sp³-hybridized carbons (Fsp3) is 0.500. The minimum atomic E-state index is -0.200. The molecule has 7 heteroatoms. The zero-order chi connectivity index (χ0) is 12.7. The first-order chi connectivity index (χ1) is 8.11. The lowest BCUT2D eigenvalue weighted by molar-refractivity contribution is -0.143. The smallest absolute Gasteiger partial charge is 0.305 e. The first-order valence-corrected chi connectivity index (χ1v) is 5.69. The van der Waals surface area contributed by atoms with Gasteiger partial charge in [0, 0.05) is 19.0 Å². The summed E-state index contributed by atoms with van der Waals surface area (Å²) in [5.74, 6) is 0.464. The van der Waals surface area contributed by atoms with Gasteiger partial charge in [0.25, 0.3) is 0 Å². The first-order valence-electron chi connectivity index (χ1n) is 5.31. The second kappa shape index (κ2) is 6.90. The highest BCUT2D eigenvalue weighted by Crippen LogP contribution is 2.12. The Morgan fingerprint density at radius 1 is 1.59 bits per heavy atom. The van der Waals surface area contributed by atoms with Gasteiger partial charge in [0.15, 0.2) is 0 Å². The van der Waals surface area contributed by atoms with Crippen LogP contribution in [0.4, 0.5) is 11.8 Å². The van der Waals surface area contributed by atoms with Gasteiger partial charge in [0.05, 0.1) is 6.61 Å². The Kier molecular flexibility index (Phi) is 5.48. The Morgan fingerprint density at radius 3 is 3.00 bits per heavy atom. The van der Waals surface area contributed by atoms with Gasteiger partial charge >= 0.3 is 5.97 Å². The molecular weight excluding hydrogens is 244 g/mol. The van der Waals surface area contributed by atoms with E-state index in [1.807, 2.05) is 0 Å². The number of halogens is 1. The number of aromatic nitrogens is 2. The number of carbonyl (C=O) groups is 1. The maximum Gasteiger partial charge on any atom is 0.305 e. The topological polar surface area (TPSA) is 90.1 Å². The van der Waals surface area contributed by atoms with Crippen molar-refractivity contribution in [2.75, 3.05) is 24.2 Å². The molecule has 0 aliphatic carbocycles. The molecule has 0 bridgehead atoms. The number of carbonyl (C=O) groups excluding carboxylic acids is 1. The van der Waals surface area contributed by atoms with Crippen molar-refractivity contribution in [3.63, 3.8) is 0 Å². The summed E-state index contributed by atoms with van der Waals surface area (Å²) in [4.78, 5) is 18.7. The summed E-state index contributed by atoms with van der Waals surface area (Å²) in [6, 6.07) is 1.57. The average Bonchev–Trinajstić information content (AvgIpc) is 2.23. The van der Waals surface area contributed by atoms with Crippen LogP contribution < -0.4 is 11.1 Å². The Morgan fingerprint density at radius 2 is 2.35 bits per heavy atom. The van der Waals surface area contributed by atoms with Crippen molar-refractivity contribution in [3.05, 3.63) is 11.2 Å². The Bertz CT molecular complexity index is 366. The molecule has 3 N–H and O–H groups in total. The van der Waals surface area contributed by atoms with Crippen LogP contribution in [0.25, 0.3) is 0 Å². The van der Waals surface area contributed by atoms with Gasteiger partial charge < -0.3 is 15.8 Å². The van der Waals surface area contributed by atoms with Gasteiger partial charge in [-0.2, -0.15) is 4.98 Å². The third-order valence-corrected chi connectivity index (χ3v) is 2.07. The van der Waals surface area contributed by atoms with Crippen molar-refractivity contribution in [3.8, 4) is 0 Å². The van der Waals surface area contributed by atoms with E-state index in [1.165, 1.54) is 0 Å². The predicted molar refractivity (Wildman–Crippen MR) is 65.8 cm³/mol. The number of ether oxygens (including phenoxy) is 1. The molecule has 0 spiro atoms. The van der Waals surface area contributed by atoms with E-state index in [9.17, 15) is 4.79 Å². The number of nitrogens with two attached hydrogens (primary N) is 1. The van der Waals surface area contributed by atoms with Gasteiger partial charge in [-0.3, -0.25) is 4.79 Å². The summed E-state index contributed by atoms with van der Waals surface area (Å²) in [5, 5.41) is 3.28. The van der Waals surface area contributed by atoms with E-state index in [0.29, 0.717) is 31.8 Å². The summed E-state index contributed by atoms with van der Waals surface area (Å²) in [7, 11) is 0. The number of nitrogens with one attached hydrogen (secondary N) is 1. The van der Waals surface area contributed by atoms with Gasteiger partial charge in [-0.05, 0) is 13.3 Å². The van der Waals surface area contributed by atoms with Crippen LogP contribution in [0.1, 0.15) is 19.8 Å². The Labute approximate surface area is 105 Å². The maximum absolute atomic E-state index is 11.0. The number of nitrogens with zero attached hydrogens (tertiary/aromatic N) is 2. The van der Waals surface area contributed by atoms with Gasteiger partial charge in [-0.25, -0.2) is 4.98 Å². The van der Waals surface area contributed by atoms with E-state index in [0.717, 1.165) is 0 Å². The number of nitrogen functional groups attached to an aromatic ring is 1. The predicted octanol–water partition coefficient (Wildman–Crippen LogP) is 1.47. The molecule has 1 aromatic heterocycles. The molecule has 0 fully saturated rings. The van der Waals surface area contributed by atoms with Gasteiger partial charge in [-0.15, -0.1) is 0 Å². The highest BCUT2D eigenvalue weighted by molar-refractivity contribution is 6.29. The van der Waals surface area contributed by atoms with Crippen molar-refractivity contribution in [1.29, 1.82) is 0 Å². The Hall–Kier alpha value is -1.56. The van der Waals surface area contributed by atoms with Crippen molar-refractivity contribution in [1.82, 2.24) is 9.97 Å². The molecule has 6 nitrogen and oxygen atoms in total. The number of esters is 1. The number of hydrogen-bond donors (Lipinski definition) is 2. The van der Waals surface area contributed by atoms with E-state index in [2.05, 4.69) is 15.3 Å². The molecule has 0 aliphatic rings. The van der Waals surface area contributed by atoms with Gasteiger partial charge in [0.2, 0.25) is 5.95 Å². The molecule has 17 heavy (non-hydrogen) atoms. The van der Waals surface area contributed by atoms with Crippen LogP contribution in [-0.2, 0) is 9.53 Å².